The number of carbonyl (C=O) groups is 4. The van der Waals surface area contributed by atoms with Gasteiger partial charge in [-0.05, 0) is 87.4 Å². The summed E-state index contributed by atoms with van der Waals surface area (Å²) < 4.78 is 26.5. The molecule has 0 saturated carbocycles. The largest absolute Gasteiger partial charge is 0.464 e. The first-order chi connectivity index (χ1) is 30.7. The van der Waals surface area contributed by atoms with Crippen molar-refractivity contribution in [3.05, 3.63) is 90.3 Å². The van der Waals surface area contributed by atoms with Gasteiger partial charge >= 0.3 is 5.97 Å². The van der Waals surface area contributed by atoms with Crippen molar-refractivity contribution in [1.82, 2.24) is 25.2 Å². The number of methoxy groups -OCH3 is 1. The lowest BCUT2D eigenvalue weighted by Gasteiger charge is -2.40. The molecule has 3 aromatic rings. The highest BCUT2D eigenvalue weighted by Crippen LogP contribution is 2.40. The summed E-state index contributed by atoms with van der Waals surface area (Å²) in [5.41, 5.74) is 10.2. The molecule has 3 amide bonds. The molecule has 64 heavy (non-hydrogen) atoms. The Labute approximate surface area is 376 Å². The topological polar surface area (TPSA) is 153 Å². The van der Waals surface area contributed by atoms with Crippen molar-refractivity contribution in [3.63, 3.8) is 0 Å². The number of fused-ring (bicyclic) bond motifs is 6. The lowest BCUT2D eigenvalue weighted by molar-refractivity contribution is -0.156. The summed E-state index contributed by atoms with van der Waals surface area (Å²) in [6.45, 7) is 22.0. The molecule has 0 radical (unpaired) electrons. The first-order valence-corrected chi connectivity index (χ1v) is 22.6. The van der Waals surface area contributed by atoms with Gasteiger partial charge < -0.3 is 33.7 Å². The number of hydrazine groups is 1. The molecule has 5 heterocycles. The molecule has 1 aromatic heterocycles. The average molecular weight is 877 g/mol. The molecule has 0 spiro atoms. The number of aryl methyl sites for hydroxylation is 1. The molecule has 0 aliphatic carbocycles. The van der Waals surface area contributed by atoms with Crippen molar-refractivity contribution in [2.75, 3.05) is 40.0 Å². The van der Waals surface area contributed by atoms with Crippen LogP contribution >= 0.6 is 0 Å². The molecule has 3 saturated heterocycles. The molecule has 14 nitrogen and oxygen atoms in total. The number of benzene rings is 2. The fraction of sp³-hybridized carbons (Fsp3) is 0.500. The van der Waals surface area contributed by atoms with Crippen LogP contribution in [0.3, 0.4) is 0 Å². The first kappa shape index (κ1) is 46.6. The molecule has 6 atom stereocenters. The molecule has 342 valence electrons. The van der Waals surface area contributed by atoms with Crippen molar-refractivity contribution in [1.29, 1.82) is 0 Å². The van der Waals surface area contributed by atoms with Crippen LogP contribution in [0.15, 0.2) is 78.5 Å². The average Bonchev–Trinajstić information content (AvgIpc) is 3.80. The quantitative estimate of drug-likeness (QED) is 0.105. The van der Waals surface area contributed by atoms with Crippen LogP contribution < -0.4 is 10.7 Å². The molecular formula is C50H64N6O8. The predicted molar refractivity (Wildman–Crippen MR) is 247 cm³/mol. The Balaban J connectivity index is 1.29. The molecule has 4 aliphatic heterocycles. The van der Waals surface area contributed by atoms with Crippen molar-refractivity contribution >= 4 is 46.4 Å². The second-order valence-corrected chi connectivity index (χ2v) is 18.1. The van der Waals surface area contributed by atoms with E-state index in [-0.39, 0.29) is 49.6 Å². The van der Waals surface area contributed by atoms with Gasteiger partial charge in [-0.3, -0.25) is 29.2 Å². The van der Waals surface area contributed by atoms with Gasteiger partial charge in [-0.1, -0.05) is 63.4 Å². The van der Waals surface area contributed by atoms with E-state index in [4.69, 9.17) is 23.9 Å². The summed E-state index contributed by atoms with van der Waals surface area (Å²) in [5.74, 6) is -2.04. The minimum Gasteiger partial charge on any atom is -0.464 e. The Kier molecular flexibility index (Phi) is 14.4. The smallest absolute Gasteiger partial charge is 0.324 e. The van der Waals surface area contributed by atoms with Gasteiger partial charge in [-0.15, -0.1) is 0 Å². The number of allylic oxidation sites excluding steroid dienone is 2. The number of hydrogen-bond acceptors (Lipinski definition) is 10. The molecule has 14 heteroatoms. The maximum absolute atomic E-state index is 14.6. The number of likely N-dealkylation sites (tertiary alicyclic amines) is 1. The Morgan fingerprint density at radius 3 is 2.58 bits per heavy atom. The van der Waals surface area contributed by atoms with Crippen molar-refractivity contribution in [3.8, 4) is 11.1 Å². The SMILES string of the molecule is C=CC(=O)N1CC(O[C@@H]2CO[C@H](C)[C@H]2C(=O)N[C@H]2Cc3cccc(c3)-c3ccc4c(c3)c(c(/C(C=C)=C(/N=CC)[C@H](C)OC)n4CC)CC(C)(C)COC(=O)[C@@H]3CCCN(N3)C2=O)C1. The predicted octanol–water partition coefficient (Wildman–Crippen LogP) is 5.82. The second-order valence-electron chi connectivity index (χ2n) is 18.1. The Bertz CT molecular complexity index is 2340. The van der Waals surface area contributed by atoms with Gasteiger partial charge in [0.05, 0.1) is 54.9 Å². The van der Waals surface area contributed by atoms with Crippen molar-refractivity contribution in [2.24, 2.45) is 16.3 Å². The normalized spacial score (nSPS) is 25.0. The number of esters is 1. The van der Waals surface area contributed by atoms with Crippen LogP contribution in [-0.2, 0) is 57.5 Å². The summed E-state index contributed by atoms with van der Waals surface area (Å²) in [5, 5.41) is 5.61. The van der Waals surface area contributed by atoms with Crippen LogP contribution in [0.1, 0.15) is 71.2 Å². The fourth-order valence-electron chi connectivity index (χ4n) is 9.51. The third-order valence-electron chi connectivity index (χ3n) is 13.0. The molecule has 2 aromatic carbocycles. The number of hydrogen-bond donors (Lipinski definition) is 2. The molecule has 6 bridgehead atoms. The highest BCUT2D eigenvalue weighted by molar-refractivity contribution is 5.96. The standard InChI is InChI=1S/C50H64N6O8/c1-10-36(45(51-12-3)31(6)61-9)46-38-25-50(7,8)29-63-49(60)39-18-15-21-56(53-39)48(59)40(23-32-16-14-17-33(22-32)34-19-20-41(37(38)24-34)55(46)13-4)52-47(58)44-30(5)62-28-42(44)64-35-26-54(27-35)43(57)11-2/h10-12,14,16-17,19-20,22,24,30-31,35,39-40,42,44,53H,1-2,13,15,18,21,23,25-29H2,3-9H3,(H,52,58)/b45-36+,51-12?/t30-,31+,39+,40+,42-,44-/m1/s1. The maximum Gasteiger partial charge on any atom is 0.324 e. The van der Waals surface area contributed by atoms with E-state index in [1.807, 2.05) is 39.0 Å². The van der Waals surface area contributed by atoms with Gasteiger partial charge in [0.2, 0.25) is 11.8 Å². The maximum atomic E-state index is 14.6. The number of aliphatic imine (C=N–C) groups is 1. The van der Waals surface area contributed by atoms with Crippen LogP contribution in [0.5, 0.6) is 0 Å². The van der Waals surface area contributed by atoms with Crippen LogP contribution in [0, 0.1) is 11.3 Å². The van der Waals surface area contributed by atoms with Crippen molar-refractivity contribution < 1.29 is 38.1 Å². The van der Waals surface area contributed by atoms with E-state index in [1.165, 1.54) is 11.1 Å². The molecular weight excluding hydrogens is 813 g/mol. The Morgan fingerprint density at radius 1 is 1.11 bits per heavy atom. The number of rotatable bonds is 11. The van der Waals surface area contributed by atoms with E-state index < -0.39 is 41.6 Å². The zero-order valence-electron chi connectivity index (χ0n) is 38.4. The number of nitrogens with zero attached hydrogens (tertiary/aromatic N) is 4. The van der Waals surface area contributed by atoms with E-state index in [9.17, 15) is 19.2 Å². The molecule has 4 aliphatic rings. The zero-order valence-corrected chi connectivity index (χ0v) is 38.4. The van der Waals surface area contributed by atoms with Gasteiger partial charge in [0, 0.05) is 67.8 Å². The number of amides is 3. The molecule has 0 unspecified atom stereocenters. The van der Waals surface area contributed by atoms with E-state index in [2.05, 4.69) is 79.6 Å². The monoisotopic (exact) mass is 876 g/mol. The van der Waals surface area contributed by atoms with Crippen LogP contribution in [0.25, 0.3) is 27.6 Å². The van der Waals surface area contributed by atoms with Crippen molar-refractivity contribution in [2.45, 2.75) is 110 Å². The number of ether oxygens (including phenoxy) is 4. The summed E-state index contributed by atoms with van der Waals surface area (Å²) >= 11 is 0. The van der Waals surface area contributed by atoms with Gasteiger partial charge in [-0.2, -0.15) is 0 Å². The van der Waals surface area contributed by atoms with E-state index >= 15 is 0 Å². The lowest BCUT2D eigenvalue weighted by atomic mass is 9.84. The van der Waals surface area contributed by atoms with Gasteiger partial charge in [-0.25, -0.2) is 5.43 Å². The molecule has 7 rings (SSSR count). The second kappa shape index (κ2) is 19.8. The first-order valence-electron chi connectivity index (χ1n) is 22.6. The molecule has 2 N–H and O–H groups in total. The minimum absolute atomic E-state index is 0.131. The van der Waals surface area contributed by atoms with Gasteiger partial charge in [0.1, 0.15) is 12.1 Å². The lowest BCUT2D eigenvalue weighted by Crippen LogP contribution is -2.61. The summed E-state index contributed by atoms with van der Waals surface area (Å²) in [6, 6.07) is 12.8. The number of cyclic esters (lactones) is 1. The third kappa shape index (κ3) is 9.65. The van der Waals surface area contributed by atoms with E-state index in [0.29, 0.717) is 45.4 Å². The summed E-state index contributed by atoms with van der Waals surface area (Å²) in [4.78, 5) is 61.4. The van der Waals surface area contributed by atoms with Crippen LogP contribution in [0.2, 0.25) is 0 Å². The number of nitrogens with one attached hydrogen (secondary N) is 2. The number of carbonyl (C=O) groups excluding carboxylic acids is 4. The highest BCUT2D eigenvalue weighted by atomic mass is 16.6. The highest BCUT2D eigenvalue weighted by Gasteiger charge is 2.45. The zero-order chi connectivity index (χ0) is 45.9. The third-order valence-corrected chi connectivity index (χ3v) is 13.0. The fourth-order valence-corrected chi connectivity index (χ4v) is 9.51. The van der Waals surface area contributed by atoms with E-state index in [0.717, 1.165) is 50.1 Å². The Hall–Kier alpha value is -5.41. The minimum atomic E-state index is -0.991. The van der Waals surface area contributed by atoms with Crippen LogP contribution in [0.4, 0.5) is 0 Å². The van der Waals surface area contributed by atoms with Gasteiger partial charge in [0.25, 0.3) is 5.91 Å². The summed E-state index contributed by atoms with van der Waals surface area (Å²) in [6.07, 6.45) is 5.12. The van der Waals surface area contributed by atoms with Crippen LogP contribution in [-0.4, -0.2) is 121 Å². The Morgan fingerprint density at radius 2 is 1.88 bits per heavy atom. The van der Waals surface area contributed by atoms with E-state index in [1.54, 1.807) is 18.2 Å². The van der Waals surface area contributed by atoms with Gasteiger partial charge in [0.15, 0.2) is 0 Å². The number of aromatic nitrogens is 1. The molecule has 3 fully saturated rings. The summed E-state index contributed by atoms with van der Waals surface area (Å²) in [7, 11) is 1.67.